The third kappa shape index (κ3) is 4.15. The number of aromatic nitrogens is 1. The van der Waals surface area contributed by atoms with Crippen molar-refractivity contribution in [2.45, 2.75) is 37.6 Å². The lowest BCUT2D eigenvalue weighted by Crippen LogP contribution is -2.47. The van der Waals surface area contributed by atoms with Gasteiger partial charge in [0.15, 0.2) is 23.0 Å². The maximum absolute atomic E-state index is 14.4. The molecule has 0 spiro atoms. The van der Waals surface area contributed by atoms with E-state index in [-0.39, 0.29) is 5.56 Å². The average Bonchev–Trinajstić information content (AvgIpc) is 3.03. The van der Waals surface area contributed by atoms with Crippen LogP contribution in [0.1, 0.15) is 35.8 Å². The summed E-state index contributed by atoms with van der Waals surface area (Å²) in [5, 5.41) is 2.06. The largest absolute Gasteiger partial charge is 0.493 e. The number of hydrogen-bond donors (Lipinski definition) is 2. The fourth-order valence-electron chi connectivity index (χ4n) is 3.91. The first-order valence-electron chi connectivity index (χ1n) is 9.75. The molecule has 3 rings (SSSR count). The number of rotatable bonds is 5. The van der Waals surface area contributed by atoms with Crippen LogP contribution >= 0.6 is 0 Å². The molecular formula is C21H19F6N3O4. The SMILES string of the molecule is COc1c([C@@H]2[C@@H](C)[C@](C)(C(F)(F)F)O[C@H]2C(=O)Nc2cc(C(N)=O)ncc2F)ccc(F)c1F. The van der Waals surface area contributed by atoms with Gasteiger partial charge in [0.05, 0.1) is 19.0 Å². The number of nitrogens with zero attached hydrogens (tertiary/aromatic N) is 1. The fraction of sp³-hybridized carbons (Fsp3) is 0.381. The number of anilines is 1. The van der Waals surface area contributed by atoms with Crippen LogP contribution in [-0.4, -0.2) is 41.8 Å². The second kappa shape index (κ2) is 8.78. The molecule has 0 radical (unpaired) electrons. The molecule has 3 N–H and O–H groups in total. The zero-order valence-electron chi connectivity index (χ0n) is 18.0. The lowest BCUT2D eigenvalue weighted by atomic mass is 9.77. The van der Waals surface area contributed by atoms with Gasteiger partial charge in [-0.2, -0.15) is 17.6 Å². The van der Waals surface area contributed by atoms with E-state index in [9.17, 15) is 35.9 Å². The van der Waals surface area contributed by atoms with Gasteiger partial charge in [-0.15, -0.1) is 0 Å². The topological polar surface area (TPSA) is 104 Å². The minimum absolute atomic E-state index is 0.255. The van der Waals surface area contributed by atoms with Gasteiger partial charge in [0, 0.05) is 17.4 Å². The lowest BCUT2D eigenvalue weighted by Gasteiger charge is -2.32. The number of pyridine rings is 1. The van der Waals surface area contributed by atoms with Crippen LogP contribution < -0.4 is 15.8 Å². The zero-order chi connectivity index (χ0) is 25.6. The second-order valence-electron chi connectivity index (χ2n) is 7.84. The number of nitrogens with one attached hydrogen (secondary N) is 1. The van der Waals surface area contributed by atoms with E-state index in [1.807, 2.05) is 0 Å². The van der Waals surface area contributed by atoms with Crippen LogP contribution in [0.25, 0.3) is 0 Å². The van der Waals surface area contributed by atoms with Gasteiger partial charge in [0.2, 0.25) is 5.82 Å². The number of ether oxygens (including phenoxy) is 2. The maximum Gasteiger partial charge on any atom is 0.417 e. The number of hydrogen-bond acceptors (Lipinski definition) is 5. The summed E-state index contributed by atoms with van der Waals surface area (Å²) in [4.78, 5) is 27.8. The van der Waals surface area contributed by atoms with Crippen molar-refractivity contribution in [1.82, 2.24) is 4.98 Å². The van der Waals surface area contributed by atoms with Crippen LogP contribution in [0, 0.1) is 23.4 Å². The Hall–Kier alpha value is -3.35. The Balaban J connectivity index is 2.10. The minimum atomic E-state index is -4.97. The van der Waals surface area contributed by atoms with Gasteiger partial charge in [0.1, 0.15) is 11.8 Å². The Labute approximate surface area is 189 Å². The quantitative estimate of drug-likeness (QED) is 0.622. The van der Waals surface area contributed by atoms with Crippen LogP contribution in [0.5, 0.6) is 5.75 Å². The van der Waals surface area contributed by atoms with Gasteiger partial charge in [-0.05, 0) is 19.1 Å². The molecule has 2 heterocycles. The molecule has 1 aromatic carbocycles. The Morgan fingerprint density at radius 2 is 1.85 bits per heavy atom. The van der Waals surface area contributed by atoms with Crippen LogP contribution in [-0.2, 0) is 9.53 Å². The number of amides is 2. The van der Waals surface area contributed by atoms with Crippen molar-refractivity contribution in [3.8, 4) is 5.75 Å². The first kappa shape index (κ1) is 25.3. The third-order valence-corrected chi connectivity index (χ3v) is 5.94. The first-order chi connectivity index (χ1) is 15.7. The van der Waals surface area contributed by atoms with Crippen molar-refractivity contribution in [2.75, 3.05) is 12.4 Å². The summed E-state index contributed by atoms with van der Waals surface area (Å²) in [5.41, 5.74) is 0.923. The normalized spacial score (nSPS) is 24.7. The van der Waals surface area contributed by atoms with Crippen molar-refractivity contribution >= 4 is 17.5 Å². The Bertz CT molecular complexity index is 1140. The average molecular weight is 491 g/mol. The summed E-state index contributed by atoms with van der Waals surface area (Å²) in [5.74, 6) is -9.85. The van der Waals surface area contributed by atoms with Crippen molar-refractivity contribution in [1.29, 1.82) is 0 Å². The van der Waals surface area contributed by atoms with Crippen molar-refractivity contribution in [2.24, 2.45) is 11.7 Å². The molecule has 1 fully saturated rings. The molecule has 0 unspecified atom stereocenters. The number of benzene rings is 1. The predicted octanol–water partition coefficient (Wildman–Crippen LogP) is 3.68. The van der Waals surface area contributed by atoms with E-state index >= 15 is 0 Å². The van der Waals surface area contributed by atoms with Gasteiger partial charge >= 0.3 is 6.18 Å². The summed E-state index contributed by atoms with van der Waals surface area (Å²) < 4.78 is 94.1. The zero-order valence-corrected chi connectivity index (χ0v) is 18.0. The molecule has 7 nitrogen and oxygen atoms in total. The lowest BCUT2D eigenvalue weighted by molar-refractivity contribution is -0.272. The molecule has 1 aromatic heterocycles. The van der Waals surface area contributed by atoms with Gasteiger partial charge in [0.25, 0.3) is 11.8 Å². The maximum atomic E-state index is 14.4. The predicted molar refractivity (Wildman–Crippen MR) is 105 cm³/mol. The number of alkyl halides is 3. The first-order valence-corrected chi connectivity index (χ1v) is 9.75. The van der Waals surface area contributed by atoms with Crippen LogP contribution in [0.3, 0.4) is 0 Å². The molecule has 1 aliphatic heterocycles. The van der Waals surface area contributed by atoms with Gasteiger partial charge < -0.3 is 20.5 Å². The molecule has 1 aliphatic rings. The highest BCUT2D eigenvalue weighted by molar-refractivity contribution is 5.97. The number of carbonyl (C=O) groups is 2. The second-order valence-corrected chi connectivity index (χ2v) is 7.84. The Kier molecular flexibility index (Phi) is 6.53. The molecular weight excluding hydrogens is 472 g/mol. The van der Waals surface area contributed by atoms with E-state index in [1.165, 1.54) is 0 Å². The van der Waals surface area contributed by atoms with E-state index in [0.717, 1.165) is 26.2 Å². The van der Waals surface area contributed by atoms with Crippen LogP contribution in [0.2, 0.25) is 0 Å². The highest BCUT2D eigenvalue weighted by Crippen LogP contribution is 2.55. The number of methoxy groups -OCH3 is 1. The standard InChI is InChI=1S/C21H19F6N3O4/c1-8-14(9-4-5-10(22)15(24)16(9)33-3)17(34-20(8,2)21(25,26)27)19(32)30-12-6-13(18(28)31)29-7-11(12)23/h4-8,14,17H,1-3H3,(H2,28,31)(H,29,30,32)/t8-,14+,17-,20-/m1/s1. The van der Waals surface area contributed by atoms with E-state index in [4.69, 9.17) is 15.2 Å². The monoisotopic (exact) mass is 491 g/mol. The van der Waals surface area contributed by atoms with Gasteiger partial charge in [-0.1, -0.05) is 13.0 Å². The summed E-state index contributed by atoms with van der Waals surface area (Å²) in [6.07, 6.45) is -6.32. The molecule has 184 valence electrons. The number of halogens is 6. The van der Waals surface area contributed by atoms with E-state index < -0.39 is 76.1 Å². The van der Waals surface area contributed by atoms with Crippen LogP contribution in [0.4, 0.5) is 32.0 Å². The number of primary amides is 1. The van der Waals surface area contributed by atoms with E-state index in [0.29, 0.717) is 19.2 Å². The number of nitrogens with two attached hydrogens (primary N) is 1. The van der Waals surface area contributed by atoms with E-state index in [2.05, 4.69) is 10.3 Å². The number of carbonyl (C=O) groups excluding carboxylic acids is 2. The fourth-order valence-corrected chi connectivity index (χ4v) is 3.91. The summed E-state index contributed by atoms with van der Waals surface area (Å²) >= 11 is 0. The summed E-state index contributed by atoms with van der Waals surface area (Å²) in [6.45, 7) is 1.84. The molecule has 13 heteroatoms. The van der Waals surface area contributed by atoms with E-state index in [1.54, 1.807) is 0 Å². The molecule has 2 aromatic rings. The molecule has 2 amide bonds. The molecule has 34 heavy (non-hydrogen) atoms. The molecule has 0 aliphatic carbocycles. The Morgan fingerprint density at radius 1 is 1.21 bits per heavy atom. The summed E-state index contributed by atoms with van der Waals surface area (Å²) in [6, 6.07) is 2.46. The molecule has 0 saturated carbocycles. The smallest absolute Gasteiger partial charge is 0.417 e. The van der Waals surface area contributed by atoms with Crippen molar-refractivity contribution in [3.63, 3.8) is 0 Å². The summed E-state index contributed by atoms with van der Waals surface area (Å²) in [7, 11) is 0.984. The molecule has 4 atom stereocenters. The molecule has 1 saturated heterocycles. The minimum Gasteiger partial charge on any atom is -0.493 e. The van der Waals surface area contributed by atoms with Gasteiger partial charge in [-0.25, -0.2) is 13.8 Å². The van der Waals surface area contributed by atoms with Crippen molar-refractivity contribution < 1.29 is 45.4 Å². The highest BCUT2D eigenvalue weighted by atomic mass is 19.4. The molecule has 0 bridgehead atoms. The Morgan fingerprint density at radius 3 is 2.41 bits per heavy atom. The highest BCUT2D eigenvalue weighted by Gasteiger charge is 2.66. The third-order valence-electron chi connectivity index (χ3n) is 5.94. The van der Waals surface area contributed by atoms with Gasteiger partial charge in [-0.3, -0.25) is 9.59 Å². The van der Waals surface area contributed by atoms with Crippen molar-refractivity contribution in [3.05, 3.63) is 53.1 Å². The van der Waals surface area contributed by atoms with Crippen LogP contribution in [0.15, 0.2) is 24.4 Å².